The lowest BCUT2D eigenvalue weighted by Gasteiger charge is -2.27. The average molecular weight is 518 g/mol. The number of aliphatic imine (C=N–C) groups is 1. The summed E-state index contributed by atoms with van der Waals surface area (Å²) in [7, 11) is 1.43. The topological polar surface area (TPSA) is 41.9 Å². The average Bonchev–Trinajstić information content (AvgIpc) is 2.67. The molecule has 1 heterocycles. The summed E-state index contributed by atoms with van der Waals surface area (Å²) >= 11 is 5.07. The van der Waals surface area contributed by atoms with E-state index in [4.69, 9.17) is 4.74 Å². The van der Waals surface area contributed by atoms with Crippen molar-refractivity contribution < 1.29 is 13.9 Å². The summed E-state index contributed by atoms with van der Waals surface area (Å²) in [6.07, 6.45) is 1.03. The Bertz CT molecular complexity index is 831. The molecule has 4 nitrogen and oxygen atoms in total. The first-order valence-corrected chi connectivity index (χ1v) is 9.93. The van der Waals surface area contributed by atoms with Gasteiger partial charge in [0.2, 0.25) is 0 Å². The van der Waals surface area contributed by atoms with Crippen LogP contribution < -0.4 is 9.64 Å². The Kier molecular flexibility index (Phi) is 8.31. The number of hydrogen-bond acceptors (Lipinski definition) is 5. The predicted molar refractivity (Wildman–Crippen MR) is 118 cm³/mol. The Morgan fingerprint density at radius 2 is 2.04 bits per heavy atom. The van der Waals surface area contributed by atoms with Gasteiger partial charge in [0, 0.05) is 28.5 Å². The first-order chi connectivity index (χ1) is 12.6. The summed E-state index contributed by atoms with van der Waals surface area (Å²) in [5.41, 5.74) is 1.24. The molecule has 0 saturated heterocycles. The van der Waals surface area contributed by atoms with Gasteiger partial charge in [-0.15, -0.1) is 17.0 Å². The van der Waals surface area contributed by atoms with Gasteiger partial charge < -0.3 is 9.64 Å². The quantitative estimate of drug-likeness (QED) is 0.501. The third-order valence-corrected chi connectivity index (χ3v) is 5.54. The lowest BCUT2D eigenvalue weighted by atomic mass is 10.1. The van der Waals surface area contributed by atoms with Crippen LogP contribution in [0.15, 0.2) is 51.9 Å². The third kappa shape index (κ3) is 5.56. The van der Waals surface area contributed by atoms with Crippen LogP contribution in [0.25, 0.3) is 0 Å². The van der Waals surface area contributed by atoms with Crippen LogP contribution in [0.3, 0.4) is 0 Å². The molecule has 0 atom stereocenters. The van der Waals surface area contributed by atoms with Gasteiger partial charge >= 0.3 is 0 Å². The second kappa shape index (κ2) is 10.2. The van der Waals surface area contributed by atoms with E-state index < -0.39 is 5.82 Å². The molecule has 1 aliphatic heterocycles. The Morgan fingerprint density at radius 3 is 2.67 bits per heavy atom. The molecule has 2 aromatic carbocycles. The third-order valence-electron chi connectivity index (χ3n) is 3.92. The van der Waals surface area contributed by atoms with Crippen LogP contribution in [0.5, 0.6) is 5.75 Å². The first kappa shape index (κ1) is 21.9. The summed E-state index contributed by atoms with van der Waals surface area (Å²) in [5, 5.41) is 0.827. The summed E-state index contributed by atoms with van der Waals surface area (Å²) in [6, 6.07) is 11.7. The number of thioether (sulfide) groups is 1. The smallest absolute Gasteiger partial charge is 0.186 e. The van der Waals surface area contributed by atoms with E-state index in [2.05, 4.69) is 20.9 Å². The second-order valence-corrected chi connectivity index (χ2v) is 7.67. The lowest BCUT2D eigenvalue weighted by molar-refractivity contribution is 0.0999. The van der Waals surface area contributed by atoms with Gasteiger partial charge in [-0.2, -0.15) is 0 Å². The van der Waals surface area contributed by atoms with Gasteiger partial charge in [0.15, 0.2) is 11.0 Å². The maximum atomic E-state index is 13.4. The Labute approximate surface area is 181 Å². The van der Waals surface area contributed by atoms with Crippen LogP contribution in [0, 0.1) is 5.82 Å². The fourth-order valence-corrected chi connectivity index (χ4v) is 3.85. The van der Waals surface area contributed by atoms with Gasteiger partial charge in [0.25, 0.3) is 0 Å². The molecule has 144 valence electrons. The number of benzene rings is 2. The maximum Gasteiger partial charge on any atom is 0.186 e. The molecular weight excluding hydrogens is 499 g/mol. The van der Waals surface area contributed by atoms with E-state index in [0.29, 0.717) is 5.56 Å². The van der Waals surface area contributed by atoms with Crippen LogP contribution in [-0.4, -0.2) is 36.9 Å². The van der Waals surface area contributed by atoms with Gasteiger partial charge in [-0.3, -0.25) is 9.79 Å². The van der Waals surface area contributed by atoms with Crippen LogP contribution in [0.2, 0.25) is 0 Å². The number of anilines is 1. The monoisotopic (exact) mass is 516 g/mol. The van der Waals surface area contributed by atoms with E-state index in [1.165, 1.54) is 25.3 Å². The molecule has 0 fully saturated rings. The molecule has 0 spiro atoms. The maximum absolute atomic E-state index is 13.4. The Morgan fingerprint density at radius 1 is 1.30 bits per heavy atom. The van der Waals surface area contributed by atoms with Crippen molar-refractivity contribution in [1.29, 1.82) is 0 Å². The van der Waals surface area contributed by atoms with Crippen LogP contribution in [0.1, 0.15) is 16.8 Å². The van der Waals surface area contributed by atoms with Crippen LogP contribution in [-0.2, 0) is 0 Å². The molecule has 2 aromatic rings. The van der Waals surface area contributed by atoms with Crippen molar-refractivity contribution >= 4 is 61.3 Å². The van der Waals surface area contributed by atoms with Crippen molar-refractivity contribution in [3.05, 3.63) is 58.3 Å². The number of rotatable bonds is 5. The molecule has 0 saturated carbocycles. The number of nitrogens with zero attached hydrogens (tertiary/aromatic N) is 2. The number of carbonyl (C=O) groups is 1. The summed E-state index contributed by atoms with van der Waals surface area (Å²) in [5.74, 6) is 0.623. The lowest BCUT2D eigenvalue weighted by Crippen LogP contribution is -2.35. The summed E-state index contributed by atoms with van der Waals surface area (Å²) < 4.78 is 19.6. The van der Waals surface area contributed by atoms with E-state index >= 15 is 0 Å². The van der Waals surface area contributed by atoms with Gasteiger partial charge in [-0.25, -0.2) is 4.39 Å². The molecular formula is C19H19Br2FN2O2S. The molecule has 27 heavy (non-hydrogen) atoms. The number of hydrogen-bond donors (Lipinski definition) is 0. The SMILES string of the molecule is Br.COc1cc(F)ccc1C(=O)CN(C1=NCCCS1)c1ccc(Br)cc1. The van der Waals surface area contributed by atoms with E-state index in [1.807, 2.05) is 29.2 Å². The molecule has 1 aliphatic rings. The molecule has 0 N–H and O–H groups in total. The summed E-state index contributed by atoms with van der Waals surface area (Å²) in [6.45, 7) is 0.860. The minimum absolute atomic E-state index is 0. The fourth-order valence-electron chi connectivity index (χ4n) is 2.63. The predicted octanol–water partition coefficient (Wildman–Crippen LogP) is 5.36. The van der Waals surface area contributed by atoms with Crippen molar-refractivity contribution in [3.8, 4) is 5.75 Å². The summed E-state index contributed by atoms with van der Waals surface area (Å²) in [4.78, 5) is 19.4. The number of ketones is 1. The second-order valence-electron chi connectivity index (χ2n) is 5.70. The molecule has 3 rings (SSSR count). The normalized spacial score (nSPS) is 13.4. The van der Waals surface area contributed by atoms with E-state index in [0.717, 1.165) is 34.0 Å². The van der Waals surface area contributed by atoms with E-state index in [9.17, 15) is 9.18 Å². The first-order valence-electron chi connectivity index (χ1n) is 8.15. The van der Waals surface area contributed by atoms with Crippen LogP contribution >= 0.6 is 44.7 Å². The molecule has 0 bridgehead atoms. The Balaban J connectivity index is 0.00000261. The standard InChI is InChI=1S/C19H18BrFN2O2S.BrH/c1-25-18-11-14(21)5-8-16(18)17(24)12-23(19-22-9-2-10-26-19)15-6-3-13(20)4-7-15;/h3-8,11H,2,9-10,12H2,1H3;1H. The number of methoxy groups -OCH3 is 1. The van der Waals surface area contributed by atoms with Crippen molar-refractivity contribution in [1.82, 2.24) is 0 Å². The minimum Gasteiger partial charge on any atom is -0.496 e. The number of halogens is 3. The molecule has 8 heteroatoms. The number of ether oxygens (including phenoxy) is 1. The number of Topliss-reactive ketones (excluding diaryl/α,β-unsaturated/α-hetero) is 1. The van der Waals surface area contributed by atoms with Crippen molar-refractivity contribution in [2.75, 3.05) is 30.9 Å². The van der Waals surface area contributed by atoms with Crippen molar-refractivity contribution in [2.45, 2.75) is 6.42 Å². The molecule has 0 radical (unpaired) electrons. The largest absolute Gasteiger partial charge is 0.496 e. The highest BCUT2D eigenvalue weighted by Crippen LogP contribution is 2.26. The van der Waals surface area contributed by atoms with Crippen molar-refractivity contribution in [3.63, 3.8) is 0 Å². The molecule has 0 amide bonds. The van der Waals surface area contributed by atoms with Crippen molar-refractivity contribution in [2.24, 2.45) is 4.99 Å². The minimum atomic E-state index is -0.435. The van der Waals surface area contributed by atoms with E-state index in [-0.39, 0.29) is 35.1 Å². The zero-order valence-electron chi connectivity index (χ0n) is 14.7. The highest BCUT2D eigenvalue weighted by molar-refractivity contribution is 9.10. The highest BCUT2D eigenvalue weighted by Gasteiger charge is 2.22. The number of amidine groups is 1. The molecule has 0 aliphatic carbocycles. The van der Waals surface area contributed by atoms with Gasteiger partial charge in [0.05, 0.1) is 19.2 Å². The zero-order chi connectivity index (χ0) is 18.5. The fraction of sp³-hybridized carbons (Fsp3) is 0.263. The zero-order valence-corrected chi connectivity index (χ0v) is 18.8. The van der Waals surface area contributed by atoms with Gasteiger partial charge in [-0.1, -0.05) is 27.7 Å². The highest BCUT2D eigenvalue weighted by atomic mass is 79.9. The van der Waals surface area contributed by atoms with Crippen LogP contribution in [0.4, 0.5) is 10.1 Å². The molecule has 0 aromatic heterocycles. The van der Waals surface area contributed by atoms with Gasteiger partial charge in [0.1, 0.15) is 11.6 Å². The van der Waals surface area contributed by atoms with Gasteiger partial charge in [-0.05, 0) is 42.8 Å². The molecule has 0 unspecified atom stereocenters. The van der Waals surface area contributed by atoms with E-state index in [1.54, 1.807) is 11.8 Å². The number of carbonyl (C=O) groups excluding carboxylic acids is 1. The Hall–Kier alpha value is -1.38.